The second-order valence-electron chi connectivity index (χ2n) is 3.82. The van der Waals surface area contributed by atoms with Crippen molar-refractivity contribution in [1.29, 1.82) is 0 Å². The van der Waals surface area contributed by atoms with Gasteiger partial charge in [0.2, 0.25) is 0 Å². The lowest BCUT2D eigenvalue weighted by molar-refractivity contribution is -0.125. The van der Waals surface area contributed by atoms with E-state index in [1.807, 2.05) is 0 Å². The van der Waals surface area contributed by atoms with Gasteiger partial charge >= 0.3 is 11.9 Å². The van der Waals surface area contributed by atoms with Crippen molar-refractivity contribution in [3.63, 3.8) is 0 Å². The molecule has 0 saturated carbocycles. The number of hydrogen-bond donors (Lipinski definition) is 0. The van der Waals surface area contributed by atoms with Crippen LogP contribution in [0.15, 0.2) is 27.4 Å². The number of aromatic nitrogens is 1. The van der Waals surface area contributed by atoms with Crippen molar-refractivity contribution in [3.05, 3.63) is 34.3 Å². The van der Waals surface area contributed by atoms with Gasteiger partial charge in [0.05, 0.1) is 5.52 Å². The fourth-order valence-corrected chi connectivity index (χ4v) is 1.59. The van der Waals surface area contributed by atoms with E-state index < -0.39 is 24.1 Å². The number of oxazole rings is 1. The highest BCUT2D eigenvalue weighted by Gasteiger charge is 2.31. The number of alkyl halides is 3. The van der Waals surface area contributed by atoms with Crippen LogP contribution in [0.3, 0.4) is 0 Å². The van der Waals surface area contributed by atoms with Gasteiger partial charge in [0.25, 0.3) is 0 Å². The van der Waals surface area contributed by atoms with E-state index >= 15 is 0 Å². The molecule has 0 spiro atoms. The third-order valence-electron chi connectivity index (χ3n) is 2.48. The van der Waals surface area contributed by atoms with Gasteiger partial charge in [-0.3, -0.25) is 9.36 Å². The molecule has 0 saturated heterocycles. The zero-order valence-electron chi connectivity index (χ0n) is 9.25. The second-order valence-corrected chi connectivity index (χ2v) is 3.82. The number of fused-ring (bicyclic) bond motifs is 1. The van der Waals surface area contributed by atoms with Gasteiger partial charge in [0.15, 0.2) is 11.4 Å². The number of rotatable bonds is 2. The molecule has 1 heterocycles. The minimum atomic E-state index is -4.55. The Hall–Kier alpha value is -2.05. The molecule has 0 unspecified atom stereocenters. The van der Waals surface area contributed by atoms with E-state index in [0.717, 1.165) is 6.07 Å². The van der Waals surface area contributed by atoms with Crippen molar-refractivity contribution >= 4 is 16.9 Å². The van der Waals surface area contributed by atoms with Gasteiger partial charge in [0.1, 0.15) is 6.42 Å². The monoisotopic (exact) mass is 259 g/mol. The van der Waals surface area contributed by atoms with Gasteiger partial charge in [-0.2, -0.15) is 13.2 Å². The van der Waals surface area contributed by atoms with Crippen LogP contribution in [-0.4, -0.2) is 16.5 Å². The molecular formula is C11H8F3NO3. The minimum Gasteiger partial charge on any atom is -0.408 e. The molecule has 1 aromatic carbocycles. The number of benzene rings is 1. The van der Waals surface area contributed by atoms with Crippen LogP contribution in [0.1, 0.15) is 16.8 Å². The Balaban J connectivity index is 2.42. The van der Waals surface area contributed by atoms with Gasteiger partial charge in [-0.1, -0.05) is 0 Å². The van der Waals surface area contributed by atoms with Crippen molar-refractivity contribution in [2.45, 2.75) is 12.6 Å². The van der Waals surface area contributed by atoms with Crippen molar-refractivity contribution in [1.82, 2.24) is 4.57 Å². The molecule has 0 amide bonds. The molecule has 0 atom stereocenters. The average molecular weight is 259 g/mol. The quantitative estimate of drug-likeness (QED) is 0.777. The van der Waals surface area contributed by atoms with Crippen LogP contribution < -0.4 is 5.76 Å². The number of carbonyl (C=O) groups is 1. The van der Waals surface area contributed by atoms with E-state index in [0.29, 0.717) is 5.52 Å². The molecular weight excluding hydrogens is 251 g/mol. The summed E-state index contributed by atoms with van der Waals surface area (Å²) in [6, 6.07) is 3.76. The Labute approximate surface area is 98.6 Å². The van der Waals surface area contributed by atoms with Crippen LogP contribution in [0.5, 0.6) is 0 Å². The number of aryl methyl sites for hydroxylation is 1. The number of Topliss-reactive ketones (excluding diaryl/α,β-unsaturated/α-hetero) is 1. The van der Waals surface area contributed by atoms with Crippen molar-refractivity contribution in [2.24, 2.45) is 7.05 Å². The van der Waals surface area contributed by atoms with E-state index in [-0.39, 0.29) is 11.1 Å². The van der Waals surface area contributed by atoms with E-state index in [1.54, 1.807) is 0 Å². The second kappa shape index (κ2) is 4.01. The third-order valence-corrected chi connectivity index (χ3v) is 2.48. The van der Waals surface area contributed by atoms with E-state index in [1.165, 1.54) is 23.7 Å². The summed E-state index contributed by atoms with van der Waals surface area (Å²) in [6.07, 6.45) is -6.08. The maximum atomic E-state index is 12.1. The fraction of sp³-hybridized carbons (Fsp3) is 0.273. The van der Waals surface area contributed by atoms with Crippen molar-refractivity contribution in [2.75, 3.05) is 0 Å². The standard InChI is InChI=1S/C11H8F3NO3/c1-15-7-3-2-6(4-9(7)18-10(15)17)8(16)5-11(12,13)14/h2-4H,5H2,1H3. The van der Waals surface area contributed by atoms with Gasteiger partial charge in [-0.25, -0.2) is 4.79 Å². The van der Waals surface area contributed by atoms with Gasteiger partial charge in [0, 0.05) is 12.6 Å². The number of ketones is 1. The highest BCUT2D eigenvalue weighted by Crippen LogP contribution is 2.23. The summed E-state index contributed by atoms with van der Waals surface area (Å²) in [5.41, 5.74) is 0.383. The summed E-state index contributed by atoms with van der Waals surface area (Å²) in [7, 11) is 1.46. The van der Waals surface area contributed by atoms with Gasteiger partial charge in [-0.15, -0.1) is 0 Å². The molecule has 0 aliphatic rings. The van der Waals surface area contributed by atoms with E-state index in [2.05, 4.69) is 0 Å². The molecule has 2 rings (SSSR count). The fourth-order valence-electron chi connectivity index (χ4n) is 1.59. The zero-order valence-corrected chi connectivity index (χ0v) is 9.25. The molecule has 0 bridgehead atoms. The molecule has 0 aliphatic heterocycles. The first kappa shape index (κ1) is 12.4. The Bertz CT molecular complexity index is 666. The normalized spacial score (nSPS) is 12.0. The van der Waals surface area contributed by atoms with E-state index in [9.17, 15) is 22.8 Å². The van der Waals surface area contributed by atoms with Crippen LogP contribution >= 0.6 is 0 Å². The lowest BCUT2D eigenvalue weighted by atomic mass is 10.1. The van der Waals surface area contributed by atoms with Crippen LogP contribution in [0, 0.1) is 0 Å². The van der Waals surface area contributed by atoms with Crippen LogP contribution in [0.2, 0.25) is 0 Å². The minimum absolute atomic E-state index is 0.0931. The van der Waals surface area contributed by atoms with E-state index in [4.69, 9.17) is 4.42 Å². The molecule has 96 valence electrons. The number of halogens is 3. The molecule has 0 N–H and O–H groups in total. The highest BCUT2D eigenvalue weighted by molar-refractivity contribution is 5.98. The van der Waals surface area contributed by atoms with Crippen LogP contribution in [-0.2, 0) is 7.05 Å². The number of hydrogen-bond acceptors (Lipinski definition) is 3. The maximum absolute atomic E-state index is 12.1. The molecule has 0 fully saturated rings. The third kappa shape index (κ3) is 2.29. The summed E-state index contributed by atoms with van der Waals surface area (Å²) in [6.45, 7) is 0. The Kier molecular flexibility index (Phi) is 2.76. The molecule has 0 radical (unpaired) electrons. The summed E-state index contributed by atoms with van der Waals surface area (Å²) >= 11 is 0. The Morgan fingerprint density at radius 3 is 2.67 bits per heavy atom. The molecule has 0 aliphatic carbocycles. The van der Waals surface area contributed by atoms with Gasteiger partial charge < -0.3 is 4.42 Å². The molecule has 2 aromatic rings. The van der Waals surface area contributed by atoms with Gasteiger partial charge in [-0.05, 0) is 18.2 Å². The largest absolute Gasteiger partial charge is 0.419 e. The first-order valence-corrected chi connectivity index (χ1v) is 4.97. The average Bonchev–Trinajstić information content (AvgIpc) is 2.52. The first-order valence-electron chi connectivity index (χ1n) is 4.97. The predicted molar refractivity (Wildman–Crippen MR) is 56.5 cm³/mol. The van der Waals surface area contributed by atoms with Crippen LogP contribution in [0.4, 0.5) is 13.2 Å². The predicted octanol–water partition coefficient (Wildman–Crippen LogP) is 2.27. The zero-order chi connectivity index (χ0) is 13.5. The Morgan fingerprint density at radius 1 is 1.39 bits per heavy atom. The Morgan fingerprint density at radius 2 is 2.06 bits per heavy atom. The SMILES string of the molecule is Cn1c(=O)oc2cc(C(=O)CC(F)(F)F)ccc21. The number of nitrogens with zero attached hydrogens (tertiary/aromatic N) is 1. The molecule has 4 nitrogen and oxygen atoms in total. The summed E-state index contributed by atoms with van der Waals surface area (Å²) in [5, 5.41) is 0. The van der Waals surface area contributed by atoms with Crippen molar-refractivity contribution < 1.29 is 22.4 Å². The smallest absolute Gasteiger partial charge is 0.408 e. The summed E-state index contributed by atoms with van der Waals surface area (Å²) in [5.74, 6) is -1.69. The summed E-state index contributed by atoms with van der Waals surface area (Å²) < 4.78 is 42.2. The lowest BCUT2D eigenvalue weighted by Gasteiger charge is -2.04. The first-order chi connectivity index (χ1) is 8.28. The lowest BCUT2D eigenvalue weighted by Crippen LogP contribution is -2.14. The topological polar surface area (TPSA) is 52.2 Å². The molecule has 7 heteroatoms. The number of carbonyl (C=O) groups excluding carboxylic acids is 1. The molecule has 18 heavy (non-hydrogen) atoms. The van der Waals surface area contributed by atoms with Crippen LogP contribution in [0.25, 0.3) is 11.1 Å². The van der Waals surface area contributed by atoms with Crippen molar-refractivity contribution in [3.8, 4) is 0 Å². The highest BCUT2D eigenvalue weighted by atomic mass is 19.4. The summed E-state index contributed by atoms with van der Waals surface area (Å²) in [4.78, 5) is 22.5. The molecule has 1 aromatic heterocycles. The maximum Gasteiger partial charge on any atom is 0.419 e.